The lowest BCUT2D eigenvalue weighted by Crippen LogP contribution is -2.50. The molecule has 124 valence electrons. The molecule has 0 fully saturated rings. The number of carbonyl (C=O) groups is 2. The Hall–Kier alpha value is -1.71. The zero-order valence-corrected chi connectivity index (χ0v) is 14.8. The van der Waals surface area contributed by atoms with Crippen molar-refractivity contribution < 1.29 is 14.3 Å². The Bertz CT molecular complexity index is 598. The lowest BCUT2D eigenvalue weighted by atomic mass is 9.90. The van der Waals surface area contributed by atoms with Crippen LogP contribution in [0, 0.1) is 17.2 Å². The molecular weight excluding hydrogens is 336 g/mol. The molecule has 0 unspecified atom stereocenters. The molecule has 0 aliphatic carbocycles. The third kappa shape index (κ3) is 6.51. The molecule has 1 amide bonds. The first-order chi connectivity index (χ1) is 10.8. The second kappa shape index (κ2) is 8.80. The van der Waals surface area contributed by atoms with Crippen molar-refractivity contribution in [2.75, 3.05) is 12.4 Å². The molecule has 0 spiro atoms. The second-order valence-corrected chi connectivity index (χ2v) is 6.91. The quantitative estimate of drug-likeness (QED) is 0.601. The number of nitrogens with zero attached hydrogens (tertiary/aromatic N) is 1. The van der Waals surface area contributed by atoms with E-state index in [2.05, 4.69) is 11.4 Å². The van der Waals surface area contributed by atoms with E-state index in [0.29, 0.717) is 5.02 Å². The summed E-state index contributed by atoms with van der Waals surface area (Å²) in [5.74, 6) is -0.960. The van der Waals surface area contributed by atoms with Crippen LogP contribution < -0.4 is 5.32 Å². The van der Waals surface area contributed by atoms with Gasteiger partial charge in [-0.25, -0.2) is 0 Å². The number of benzene rings is 1. The lowest BCUT2D eigenvalue weighted by molar-refractivity contribution is -0.146. The molecule has 0 aliphatic rings. The zero-order valence-electron chi connectivity index (χ0n) is 13.3. The number of amides is 1. The smallest absolute Gasteiger partial charge is 0.316 e. The van der Waals surface area contributed by atoms with Crippen LogP contribution in [0.3, 0.4) is 0 Å². The first-order valence-electron chi connectivity index (χ1n) is 7.03. The van der Waals surface area contributed by atoms with Crippen LogP contribution in [0.25, 0.3) is 0 Å². The van der Waals surface area contributed by atoms with Gasteiger partial charge in [-0.2, -0.15) is 5.26 Å². The van der Waals surface area contributed by atoms with Crippen molar-refractivity contribution in [1.82, 2.24) is 5.32 Å². The summed E-state index contributed by atoms with van der Waals surface area (Å²) in [7, 11) is 0. The van der Waals surface area contributed by atoms with E-state index < -0.39 is 24.0 Å². The predicted octanol–water partition coefficient (Wildman–Crippen LogP) is 3.03. The minimum Gasteiger partial charge on any atom is -0.455 e. The molecule has 0 saturated carbocycles. The van der Waals surface area contributed by atoms with Crippen LogP contribution in [0.2, 0.25) is 5.02 Å². The fourth-order valence-electron chi connectivity index (χ4n) is 1.49. The van der Waals surface area contributed by atoms with Crippen molar-refractivity contribution in [1.29, 1.82) is 5.26 Å². The van der Waals surface area contributed by atoms with E-state index >= 15 is 0 Å². The summed E-state index contributed by atoms with van der Waals surface area (Å²) < 4.78 is 4.91. The second-order valence-electron chi connectivity index (χ2n) is 5.42. The van der Waals surface area contributed by atoms with Crippen molar-refractivity contribution in [2.24, 2.45) is 5.92 Å². The van der Waals surface area contributed by atoms with Gasteiger partial charge in [-0.1, -0.05) is 25.4 Å². The number of esters is 1. The summed E-state index contributed by atoms with van der Waals surface area (Å²) in [6, 6.07) is 9.13. The molecule has 1 N–H and O–H groups in total. The van der Waals surface area contributed by atoms with Crippen LogP contribution in [-0.4, -0.2) is 29.8 Å². The van der Waals surface area contributed by atoms with E-state index in [1.165, 1.54) is 11.8 Å². The fraction of sp³-hybridized carbons (Fsp3) is 0.438. The van der Waals surface area contributed by atoms with E-state index in [4.69, 9.17) is 21.6 Å². The van der Waals surface area contributed by atoms with Gasteiger partial charge in [-0.3, -0.25) is 9.59 Å². The summed E-state index contributed by atoms with van der Waals surface area (Å²) >= 11 is 7.07. The van der Waals surface area contributed by atoms with Gasteiger partial charge in [0.25, 0.3) is 5.91 Å². The van der Waals surface area contributed by atoms with E-state index in [9.17, 15) is 9.59 Å². The summed E-state index contributed by atoms with van der Waals surface area (Å²) in [6.45, 7) is 4.90. The van der Waals surface area contributed by atoms with Crippen LogP contribution in [-0.2, 0) is 14.3 Å². The molecule has 0 aromatic heterocycles. The predicted molar refractivity (Wildman–Crippen MR) is 90.1 cm³/mol. The van der Waals surface area contributed by atoms with Crippen LogP contribution in [0.15, 0.2) is 29.2 Å². The normalized spacial score (nSPS) is 13.0. The Morgan fingerprint density at radius 3 is 2.52 bits per heavy atom. The maximum absolute atomic E-state index is 11.8. The number of ether oxygens (including phenoxy) is 1. The molecule has 23 heavy (non-hydrogen) atoms. The Balaban J connectivity index is 2.37. The van der Waals surface area contributed by atoms with Crippen molar-refractivity contribution in [3.8, 4) is 6.07 Å². The first kappa shape index (κ1) is 19.3. The number of rotatable bonds is 7. The fourth-order valence-corrected chi connectivity index (χ4v) is 2.31. The number of thioether (sulfide) groups is 1. The molecule has 0 saturated heterocycles. The average Bonchev–Trinajstić information content (AvgIpc) is 2.52. The Morgan fingerprint density at radius 2 is 2.00 bits per heavy atom. The number of hydrogen-bond donors (Lipinski definition) is 1. The molecule has 0 heterocycles. The van der Waals surface area contributed by atoms with Crippen LogP contribution >= 0.6 is 23.4 Å². The van der Waals surface area contributed by atoms with E-state index in [1.807, 2.05) is 13.8 Å². The largest absolute Gasteiger partial charge is 0.455 e. The summed E-state index contributed by atoms with van der Waals surface area (Å²) in [5, 5.41) is 12.3. The Kier molecular flexibility index (Phi) is 7.40. The Morgan fingerprint density at radius 1 is 1.39 bits per heavy atom. The SMILES string of the molecule is CC(C)[C@](C)(C#N)NC(=O)COC(=O)CSc1ccc(Cl)cc1. The van der Waals surface area contributed by atoms with Crippen LogP contribution in [0.4, 0.5) is 0 Å². The highest BCUT2D eigenvalue weighted by atomic mass is 35.5. The molecule has 1 aromatic rings. The van der Waals surface area contributed by atoms with Gasteiger partial charge < -0.3 is 10.1 Å². The molecule has 5 nitrogen and oxygen atoms in total. The molecule has 1 rings (SSSR count). The van der Waals surface area contributed by atoms with E-state index in [-0.39, 0.29) is 11.7 Å². The average molecular weight is 355 g/mol. The minimum atomic E-state index is -0.985. The number of nitrogens with one attached hydrogen (secondary N) is 1. The third-order valence-electron chi connectivity index (χ3n) is 3.32. The highest BCUT2D eigenvalue weighted by Crippen LogP contribution is 2.20. The van der Waals surface area contributed by atoms with Crippen LogP contribution in [0.5, 0.6) is 0 Å². The van der Waals surface area contributed by atoms with E-state index in [1.54, 1.807) is 31.2 Å². The van der Waals surface area contributed by atoms with Crippen molar-refractivity contribution in [3.63, 3.8) is 0 Å². The molecule has 7 heteroatoms. The number of nitriles is 1. The maximum Gasteiger partial charge on any atom is 0.316 e. The maximum atomic E-state index is 11.8. The highest BCUT2D eigenvalue weighted by molar-refractivity contribution is 8.00. The number of halogens is 1. The minimum absolute atomic E-state index is 0.0624. The van der Waals surface area contributed by atoms with Crippen molar-refractivity contribution in [3.05, 3.63) is 29.3 Å². The first-order valence-corrected chi connectivity index (χ1v) is 8.39. The monoisotopic (exact) mass is 354 g/mol. The van der Waals surface area contributed by atoms with Crippen LogP contribution in [0.1, 0.15) is 20.8 Å². The molecule has 1 aromatic carbocycles. The van der Waals surface area contributed by atoms with E-state index in [0.717, 1.165) is 4.90 Å². The van der Waals surface area contributed by atoms with Gasteiger partial charge in [0.15, 0.2) is 6.61 Å². The number of hydrogen-bond acceptors (Lipinski definition) is 5. The standard InChI is InChI=1S/C16H19ClN2O3S/c1-11(2)16(3,10-18)19-14(20)8-22-15(21)9-23-13-6-4-12(17)5-7-13/h4-7,11H,8-9H2,1-3H3,(H,19,20)/t16-/m0/s1. The molecule has 0 bridgehead atoms. The summed E-state index contributed by atoms with van der Waals surface area (Å²) in [6.07, 6.45) is 0. The van der Waals surface area contributed by atoms with Gasteiger partial charge in [0, 0.05) is 9.92 Å². The Labute approximate surface area is 145 Å². The topological polar surface area (TPSA) is 79.2 Å². The zero-order chi connectivity index (χ0) is 17.5. The third-order valence-corrected chi connectivity index (χ3v) is 4.56. The molecule has 1 atom stereocenters. The summed E-state index contributed by atoms with van der Waals surface area (Å²) in [4.78, 5) is 24.3. The van der Waals surface area contributed by atoms with Gasteiger partial charge in [0.05, 0.1) is 11.8 Å². The molecule has 0 radical (unpaired) electrons. The van der Waals surface area contributed by atoms with Gasteiger partial charge in [0.1, 0.15) is 5.54 Å². The number of carbonyl (C=O) groups excluding carboxylic acids is 2. The lowest BCUT2D eigenvalue weighted by Gasteiger charge is -2.27. The summed E-state index contributed by atoms with van der Waals surface area (Å²) in [5.41, 5.74) is -0.985. The molecular formula is C16H19ClN2O3S. The van der Waals surface area contributed by atoms with Crippen molar-refractivity contribution >= 4 is 35.2 Å². The van der Waals surface area contributed by atoms with Gasteiger partial charge in [0.2, 0.25) is 0 Å². The van der Waals surface area contributed by atoms with Gasteiger partial charge in [-0.15, -0.1) is 11.8 Å². The molecule has 0 aliphatic heterocycles. The van der Waals surface area contributed by atoms with Gasteiger partial charge >= 0.3 is 5.97 Å². The highest BCUT2D eigenvalue weighted by Gasteiger charge is 2.30. The van der Waals surface area contributed by atoms with Crippen molar-refractivity contribution in [2.45, 2.75) is 31.2 Å². The van der Waals surface area contributed by atoms with Gasteiger partial charge in [-0.05, 0) is 37.1 Å².